The third kappa shape index (κ3) is 2.83. The van der Waals surface area contributed by atoms with Crippen LogP contribution >= 0.6 is 23.8 Å². The molecule has 1 amide bonds. The molecule has 0 unspecified atom stereocenters. The zero-order chi connectivity index (χ0) is 13.8. The Balaban J connectivity index is 2.44. The molecule has 96 valence electrons. The van der Waals surface area contributed by atoms with Gasteiger partial charge in [-0.1, -0.05) is 11.6 Å². The minimum absolute atomic E-state index is 0.0599. The van der Waals surface area contributed by atoms with Crippen LogP contribution in [0.4, 0.5) is 5.95 Å². The topological polar surface area (TPSA) is 85.0 Å². The van der Waals surface area contributed by atoms with Gasteiger partial charge < -0.3 is 5.73 Å². The Kier molecular flexibility index (Phi) is 3.98. The van der Waals surface area contributed by atoms with E-state index in [1.54, 1.807) is 12.1 Å². The molecule has 0 radical (unpaired) electrons. The quantitative estimate of drug-likeness (QED) is 0.666. The summed E-state index contributed by atoms with van der Waals surface area (Å²) in [6.45, 7) is 0. The molecular formula is C11H8ClN5OS. The second-order valence-electron chi connectivity index (χ2n) is 3.37. The van der Waals surface area contributed by atoms with E-state index in [2.05, 4.69) is 15.0 Å². The van der Waals surface area contributed by atoms with Gasteiger partial charge in [0, 0.05) is 18.6 Å². The lowest BCUT2D eigenvalue weighted by molar-refractivity contribution is 0.100. The first-order chi connectivity index (χ1) is 9.11. The number of halogens is 1. The zero-order valence-electron chi connectivity index (χ0n) is 9.52. The number of rotatable bonds is 2. The van der Waals surface area contributed by atoms with Crippen LogP contribution in [0.3, 0.4) is 0 Å². The molecule has 0 spiro atoms. The molecule has 2 heterocycles. The summed E-state index contributed by atoms with van der Waals surface area (Å²) in [5.74, 6) is -0.447. The molecule has 6 nitrogen and oxygen atoms in total. The molecule has 0 aliphatic rings. The van der Waals surface area contributed by atoms with Crippen LogP contribution in [0.2, 0.25) is 5.15 Å². The van der Waals surface area contributed by atoms with Gasteiger partial charge in [-0.3, -0.25) is 4.79 Å². The van der Waals surface area contributed by atoms with Crippen LogP contribution in [0, 0.1) is 0 Å². The Bertz CT molecular complexity index is 621. The van der Waals surface area contributed by atoms with Crippen molar-refractivity contribution in [3.05, 3.63) is 47.5 Å². The Hall–Kier alpha value is -2.12. The molecule has 0 aliphatic carbocycles. The van der Waals surface area contributed by atoms with Crippen molar-refractivity contribution >= 4 is 40.8 Å². The summed E-state index contributed by atoms with van der Waals surface area (Å²) in [5.41, 5.74) is 5.72. The van der Waals surface area contributed by atoms with E-state index in [4.69, 9.17) is 29.6 Å². The highest BCUT2D eigenvalue weighted by atomic mass is 35.5. The van der Waals surface area contributed by atoms with Gasteiger partial charge in [0.1, 0.15) is 5.15 Å². The number of hydrogen-bond donors (Lipinski definition) is 1. The lowest BCUT2D eigenvalue weighted by Crippen LogP contribution is -2.42. The van der Waals surface area contributed by atoms with Crippen molar-refractivity contribution in [2.24, 2.45) is 5.73 Å². The van der Waals surface area contributed by atoms with Crippen LogP contribution in [0.25, 0.3) is 0 Å². The first-order valence-electron chi connectivity index (χ1n) is 5.12. The number of nitrogens with zero attached hydrogens (tertiary/aromatic N) is 4. The molecule has 0 bridgehead atoms. The fraction of sp³-hybridized carbons (Fsp3) is 0. The minimum atomic E-state index is -0.531. The number of anilines is 1. The SMILES string of the molecule is NC(=S)N(C(=O)c1cccnc1Cl)c1ncccn1. The molecule has 0 fully saturated rings. The number of hydrogen-bond acceptors (Lipinski definition) is 5. The smallest absolute Gasteiger partial charge is 0.270 e. The van der Waals surface area contributed by atoms with Crippen LogP contribution < -0.4 is 10.6 Å². The average molecular weight is 294 g/mol. The molecule has 2 aromatic rings. The van der Waals surface area contributed by atoms with Gasteiger partial charge >= 0.3 is 0 Å². The van der Waals surface area contributed by atoms with E-state index in [0.29, 0.717) is 0 Å². The van der Waals surface area contributed by atoms with Gasteiger partial charge in [0.15, 0.2) is 5.11 Å². The van der Waals surface area contributed by atoms with Gasteiger partial charge in [0.25, 0.3) is 5.91 Å². The van der Waals surface area contributed by atoms with Crippen molar-refractivity contribution in [2.75, 3.05) is 4.90 Å². The van der Waals surface area contributed by atoms with Gasteiger partial charge in [0.2, 0.25) is 5.95 Å². The highest BCUT2D eigenvalue weighted by molar-refractivity contribution is 7.80. The second-order valence-corrected chi connectivity index (χ2v) is 4.15. The molecule has 0 aliphatic heterocycles. The maximum atomic E-state index is 12.4. The van der Waals surface area contributed by atoms with Gasteiger partial charge in [-0.25, -0.2) is 19.9 Å². The van der Waals surface area contributed by atoms with Gasteiger partial charge in [-0.2, -0.15) is 0 Å². The molecule has 2 aromatic heterocycles. The molecule has 2 rings (SSSR count). The molecule has 0 aromatic carbocycles. The van der Waals surface area contributed by atoms with Crippen molar-refractivity contribution in [3.8, 4) is 0 Å². The second kappa shape index (κ2) is 5.68. The van der Waals surface area contributed by atoms with E-state index < -0.39 is 5.91 Å². The van der Waals surface area contributed by atoms with E-state index in [-0.39, 0.29) is 21.8 Å². The summed E-state index contributed by atoms with van der Waals surface area (Å²) in [4.78, 5) is 25.1. The molecular weight excluding hydrogens is 286 g/mol. The molecule has 0 saturated carbocycles. The molecule has 0 atom stereocenters. The van der Waals surface area contributed by atoms with Crippen LogP contribution in [0.5, 0.6) is 0 Å². The van der Waals surface area contributed by atoms with Crippen molar-refractivity contribution in [2.45, 2.75) is 0 Å². The minimum Gasteiger partial charge on any atom is -0.375 e. The Morgan fingerprint density at radius 1 is 1.21 bits per heavy atom. The molecule has 2 N–H and O–H groups in total. The fourth-order valence-corrected chi connectivity index (χ4v) is 1.73. The van der Waals surface area contributed by atoms with Crippen molar-refractivity contribution in [1.29, 1.82) is 0 Å². The highest BCUT2D eigenvalue weighted by Crippen LogP contribution is 2.17. The van der Waals surface area contributed by atoms with Crippen molar-refractivity contribution in [3.63, 3.8) is 0 Å². The highest BCUT2D eigenvalue weighted by Gasteiger charge is 2.24. The maximum Gasteiger partial charge on any atom is 0.270 e. The van der Waals surface area contributed by atoms with Crippen LogP contribution in [0.1, 0.15) is 10.4 Å². The lowest BCUT2D eigenvalue weighted by atomic mass is 10.2. The molecule has 19 heavy (non-hydrogen) atoms. The van der Waals surface area contributed by atoms with Crippen LogP contribution in [0.15, 0.2) is 36.8 Å². The summed E-state index contributed by atoms with van der Waals surface area (Å²) >= 11 is 10.7. The number of pyridine rings is 1. The van der Waals surface area contributed by atoms with Crippen LogP contribution in [-0.4, -0.2) is 26.0 Å². The van der Waals surface area contributed by atoms with E-state index >= 15 is 0 Å². The standard InChI is InChI=1S/C11H8ClN5OS/c12-8-7(3-1-4-14-8)9(18)17(10(13)19)11-15-5-2-6-16-11/h1-6H,(H2,13,19). The van der Waals surface area contributed by atoms with E-state index in [1.807, 2.05) is 0 Å². The maximum absolute atomic E-state index is 12.4. The largest absolute Gasteiger partial charge is 0.375 e. The van der Waals surface area contributed by atoms with E-state index in [1.165, 1.54) is 24.7 Å². The number of amides is 1. The summed E-state index contributed by atoms with van der Waals surface area (Å²) in [6.07, 6.45) is 4.43. The lowest BCUT2D eigenvalue weighted by Gasteiger charge is -2.18. The predicted molar refractivity (Wildman–Crippen MR) is 74.9 cm³/mol. The Labute approximate surface area is 119 Å². The normalized spacial score (nSPS) is 9.95. The monoisotopic (exact) mass is 293 g/mol. The first-order valence-corrected chi connectivity index (χ1v) is 5.91. The molecule has 8 heteroatoms. The fourth-order valence-electron chi connectivity index (χ4n) is 1.36. The predicted octanol–water partition coefficient (Wildman–Crippen LogP) is 1.42. The first kappa shape index (κ1) is 13.3. The summed E-state index contributed by atoms with van der Waals surface area (Å²) in [5, 5.41) is -0.110. The van der Waals surface area contributed by atoms with Gasteiger partial charge in [-0.05, 0) is 30.4 Å². The van der Waals surface area contributed by atoms with Crippen molar-refractivity contribution in [1.82, 2.24) is 15.0 Å². The van der Waals surface area contributed by atoms with Gasteiger partial charge in [0.05, 0.1) is 5.56 Å². The molecule has 0 saturated heterocycles. The third-order valence-electron chi connectivity index (χ3n) is 2.17. The van der Waals surface area contributed by atoms with E-state index in [9.17, 15) is 4.79 Å². The van der Waals surface area contributed by atoms with E-state index in [0.717, 1.165) is 4.90 Å². The number of carbonyl (C=O) groups is 1. The number of nitrogens with two attached hydrogens (primary N) is 1. The number of carbonyl (C=O) groups excluding carboxylic acids is 1. The van der Waals surface area contributed by atoms with Gasteiger partial charge in [-0.15, -0.1) is 0 Å². The zero-order valence-corrected chi connectivity index (χ0v) is 11.1. The summed E-state index contributed by atoms with van der Waals surface area (Å²) < 4.78 is 0. The average Bonchev–Trinajstić information content (AvgIpc) is 2.40. The Morgan fingerprint density at radius 3 is 2.42 bits per heavy atom. The van der Waals surface area contributed by atoms with Crippen LogP contribution in [-0.2, 0) is 0 Å². The van der Waals surface area contributed by atoms with Crippen molar-refractivity contribution < 1.29 is 4.79 Å². The summed E-state index contributed by atoms with van der Waals surface area (Å²) in [6, 6.07) is 4.72. The number of thiocarbonyl (C=S) groups is 1. The Morgan fingerprint density at radius 2 is 1.84 bits per heavy atom. The third-order valence-corrected chi connectivity index (χ3v) is 2.65. The summed E-state index contributed by atoms with van der Waals surface area (Å²) in [7, 11) is 0. The number of aromatic nitrogens is 3.